The molecule has 0 spiro atoms. The zero-order valence-electron chi connectivity index (χ0n) is 8.95. The molecule has 0 amide bonds. The highest BCUT2D eigenvalue weighted by Gasteiger charge is 2.17. The van der Waals surface area contributed by atoms with Crippen molar-refractivity contribution in [2.24, 2.45) is 0 Å². The summed E-state index contributed by atoms with van der Waals surface area (Å²) < 4.78 is 5.87. The fraction of sp³-hybridized carbons (Fsp3) is 0.500. The molecule has 0 saturated carbocycles. The van der Waals surface area contributed by atoms with Gasteiger partial charge in [-0.15, -0.1) is 0 Å². The highest BCUT2D eigenvalue weighted by Crippen LogP contribution is 2.20. The van der Waals surface area contributed by atoms with Crippen molar-refractivity contribution < 1.29 is 4.74 Å². The first-order valence-corrected chi connectivity index (χ1v) is 5.72. The van der Waals surface area contributed by atoms with Crippen LogP contribution in [0.2, 0.25) is 5.02 Å². The minimum absolute atomic E-state index is 0.363. The molecule has 0 radical (unpaired) electrons. The summed E-state index contributed by atoms with van der Waals surface area (Å²) in [6.45, 7) is 2.25. The Labute approximate surface area is 95.8 Å². The van der Waals surface area contributed by atoms with Crippen molar-refractivity contribution in [3.63, 3.8) is 0 Å². The summed E-state index contributed by atoms with van der Waals surface area (Å²) >= 11 is 5.81. The lowest BCUT2D eigenvalue weighted by Gasteiger charge is -2.29. The third-order valence-corrected chi connectivity index (χ3v) is 3.03. The van der Waals surface area contributed by atoms with Crippen molar-refractivity contribution in [2.75, 3.05) is 20.1 Å². The van der Waals surface area contributed by atoms with Gasteiger partial charge in [-0.2, -0.15) is 0 Å². The van der Waals surface area contributed by atoms with E-state index in [0.29, 0.717) is 6.10 Å². The number of piperidine rings is 1. The van der Waals surface area contributed by atoms with Gasteiger partial charge in [-0.3, -0.25) is 0 Å². The minimum Gasteiger partial charge on any atom is -0.490 e. The topological polar surface area (TPSA) is 12.5 Å². The molecule has 1 heterocycles. The van der Waals surface area contributed by atoms with Crippen molar-refractivity contribution in [3.05, 3.63) is 29.3 Å². The summed E-state index contributed by atoms with van der Waals surface area (Å²) in [6.07, 6.45) is 2.58. The first-order chi connectivity index (χ1) is 7.24. The van der Waals surface area contributed by atoms with Crippen LogP contribution in [-0.4, -0.2) is 31.1 Å². The fourth-order valence-corrected chi connectivity index (χ4v) is 1.93. The van der Waals surface area contributed by atoms with Crippen LogP contribution >= 0.6 is 11.6 Å². The lowest BCUT2D eigenvalue weighted by molar-refractivity contribution is 0.114. The van der Waals surface area contributed by atoms with Gasteiger partial charge in [0.2, 0.25) is 0 Å². The van der Waals surface area contributed by atoms with Gasteiger partial charge in [-0.05, 0) is 44.2 Å². The molecule has 0 bridgehead atoms. The van der Waals surface area contributed by atoms with Crippen LogP contribution < -0.4 is 4.74 Å². The van der Waals surface area contributed by atoms with Crippen molar-refractivity contribution >= 4 is 11.6 Å². The quantitative estimate of drug-likeness (QED) is 0.768. The molecule has 1 aromatic carbocycles. The van der Waals surface area contributed by atoms with Gasteiger partial charge in [0, 0.05) is 18.1 Å². The zero-order chi connectivity index (χ0) is 10.7. The van der Waals surface area contributed by atoms with Gasteiger partial charge in [-0.25, -0.2) is 0 Å². The van der Waals surface area contributed by atoms with Crippen LogP contribution in [0.25, 0.3) is 0 Å². The first kappa shape index (κ1) is 10.8. The third-order valence-electron chi connectivity index (χ3n) is 2.78. The average molecular weight is 226 g/mol. The second-order valence-corrected chi connectivity index (χ2v) is 4.51. The highest BCUT2D eigenvalue weighted by atomic mass is 35.5. The predicted molar refractivity (Wildman–Crippen MR) is 62.6 cm³/mol. The second kappa shape index (κ2) is 4.86. The largest absolute Gasteiger partial charge is 0.490 e. The second-order valence-electron chi connectivity index (χ2n) is 4.07. The number of hydrogen-bond donors (Lipinski definition) is 0. The molecule has 3 heteroatoms. The molecule has 0 aromatic heterocycles. The summed E-state index contributed by atoms with van der Waals surface area (Å²) in [5.41, 5.74) is 0. The molecule has 0 N–H and O–H groups in total. The molecule has 1 aromatic rings. The van der Waals surface area contributed by atoms with Gasteiger partial charge in [0.05, 0.1) is 0 Å². The van der Waals surface area contributed by atoms with E-state index in [2.05, 4.69) is 11.9 Å². The Morgan fingerprint density at radius 3 is 2.40 bits per heavy atom. The molecule has 0 unspecified atom stereocenters. The normalized spacial score (nSPS) is 19.1. The summed E-state index contributed by atoms with van der Waals surface area (Å²) in [4.78, 5) is 2.34. The van der Waals surface area contributed by atoms with E-state index in [9.17, 15) is 0 Å². The number of benzene rings is 1. The molecule has 0 atom stereocenters. The molecule has 1 aliphatic heterocycles. The van der Waals surface area contributed by atoms with E-state index >= 15 is 0 Å². The molecule has 1 fully saturated rings. The summed E-state index contributed by atoms with van der Waals surface area (Å²) in [5.74, 6) is 0.925. The average Bonchev–Trinajstić information content (AvgIpc) is 2.25. The number of likely N-dealkylation sites (tertiary alicyclic amines) is 1. The maximum absolute atomic E-state index is 5.87. The molecule has 82 valence electrons. The SMILES string of the molecule is CN1CCC(Oc2ccc(Cl)cc2)CC1. The van der Waals surface area contributed by atoms with E-state index in [1.165, 1.54) is 0 Å². The molecule has 1 saturated heterocycles. The van der Waals surface area contributed by atoms with Crippen molar-refractivity contribution in [1.82, 2.24) is 4.90 Å². The first-order valence-electron chi connectivity index (χ1n) is 5.35. The van der Waals surface area contributed by atoms with Crippen LogP contribution in [0.5, 0.6) is 5.75 Å². The summed E-state index contributed by atoms with van der Waals surface area (Å²) in [6, 6.07) is 7.60. The van der Waals surface area contributed by atoms with Gasteiger partial charge < -0.3 is 9.64 Å². The van der Waals surface area contributed by atoms with Crippen molar-refractivity contribution in [3.8, 4) is 5.75 Å². The van der Waals surface area contributed by atoms with Crippen LogP contribution in [0.15, 0.2) is 24.3 Å². The van der Waals surface area contributed by atoms with Gasteiger partial charge in [0.15, 0.2) is 0 Å². The Hall–Kier alpha value is -0.730. The van der Waals surface area contributed by atoms with Gasteiger partial charge in [-0.1, -0.05) is 11.6 Å². The monoisotopic (exact) mass is 225 g/mol. The van der Waals surface area contributed by atoms with Gasteiger partial charge in [0.1, 0.15) is 11.9 Å². The molecule has 2 rings (SSSR count). The molecule has 0 aliphatic carbocycles. The summed E-state index contributed by atoms with van der Waals surface area (Å²) in [7, 11) is 2.15. The lowest BCUT2D eigenvalue weighted by Crippen LogP contribution is -2.35. The van der Waals surface area contributed by atoms with Crippen LogP contribution in [0, 0.1) is 0 Å². The van der Waals surface area contributed by atoms with Crippen LogP contribution in [0.1, 0.15) is 12.8 Å². The van der Waals surface area contributed by atoms with E-state index < -0.39 is 0 Å². The lowest BCUT2D eigenvalue weighted by atomic mass is 10.1. The Balaban J connectivity index is 1.89. The number of halogens is 1. The van der Waals surface area contributed by atoms with Crippen LogP contribution in [0.3, 0.4) is 0 Å². The fourth-order valence-electron chi connectivity index (χ4n) is 1.81. The molecule has 15 heavy (non-hydrogen) atoms. The standard InChI is InChI=1S/C12H16ClNO/c1-14-8-6-12(7-9-14)15-11-4-2-10(13)3-5-11/h2-5,12H,6-9H2,1H3. The van der Waals surface area contributed by atoms with E-state index in [4.69, 9.17) is 16.3 Å². The number of hydrogen-bond acceptors (Lipinski definition) is 2. The Kier molecular flexibility index (Phi) is 3.49. The molecular formula is C12H16ClNO. The van der Waals surface area contributed by atoms with Gasteiger partial charge >= 0.3 is 0 Å². The van der Waals surface area contributed by atoms with Crippen LogP contribution in [-0.2, 0) is 0 Å². The summed E-state index contributed by atoms with van der Waals surface area (Å²) in [5, 5.41) is 0.755. The number of ether oxygens (including phenoxy) is 1. The molecule has 2 nitrogen and oxygen atoms in total. The Bertz CT molecular complexity index is 304. The van der Waals surface area contributed by atoms with Crippen molar-refractivity contribution in [2.45, 2.75) is 18.9 Å². The van der Waals surface area contributed by atoms with E-state index in [0.717, 1.165) is 36.7 Å². The van der Waals surface area contributed by atoms with E-state index in [1.807, 2.05) is 24.3 Å². The predicted octanol–water partition coefficient (Wildman–Crippen LogP) is 2.81. The highest BCUT2D eigenvalue weighted by molar-refractivity contribution is 6.30. The van der Waals surface area contributed by atoms with Gasteiger partial charge in [0.25, 0.3) is 0 Å². The maximum atomic E-state index is 5.87. The van der Waals surface area contributed by atoms with E-state index in [1.54, 1.807) is 0 Å². The molecule has 1 aliphatic rings. The number of nitrogens with zero attached hydrogens (tertiary/aromatic N) is 1. The van der Waals surface area contributed by atoms with E-state index in [-0.39, 0.29) is 0 Å². The number of rotatable bonds is 2. The molecular weight excluding hydrogens is 210 g/mol. The minimum atomic E-state index is 0.363. The van der Waals surface area contributed by atoms with Crippen LogP contribution in [0.4, 0.5) is 0 Å². The van der Waals surface area contributed by atoms with Crippen molar-refractivity contribution in [1.29, 1.82) is 0 Å². The Morgan fingerprint density at radius 1 is 1.20 bits per heavy atom. The maximum Gasteiger partial charge on any atom is 0.119 e. The third kappa shape index (κ3) is 3.11. The smallest absolute Gasteiger partial charge is 0.119 e. The zero-order valence-corrected chi connectivity index (χ0v) is 9.70. The Morgan fingerprint density at radius 2 is 1.80 bits per heavy atom.